The molecule has 0 fully saturated rings. The van der Waals surface area contributed by atoms with Gasteiger partial charge in [0.05, 0.1) is 13.2 Å². The van der Waals surface area contributed by atoms with Crippen LogP contribution in [-0.2, 0) is 24.2 Å². The summed E-state index contributed by atoms with van der Waals surface area (Å²) in [6, 6.07) is 0. The SMILES string of the molecule is CN=C(NCCOCCC(C)C)NCc1nnc2n1CCC2.I. The zero-order valence-electron chi connectivity index (χ0n) is 14.3. The van der Waals surface area contributed by atoms with E-state index in [9.17, 15) is 0 Å². The number of rotatable bonds is 8. The number of halogens is 1. The van der Waals surface area contributed by atoms with Gasteiger partial charge < -0.3 is 19.9 Å². The van der Waals surface area contributed by atoms with Gasteiger partial charge >= 0.3 is 0 Å². The van der Waals surface area contributed by atoms with Gasteiger partial charge in [0.1, 0.15) is 5.82 Å². The first kappa shape index (κ1) is 20.1. The van der Waals surface area contributed by atoms with Crippen molar-refractivity contribution >= 4 is 29.9 Å². The van der Waals surface area contributed by atoms with Gasteiger partial charge in [0.2, 0.25) is 0 Å². The summed E-state index contributed by atoms with van der Waals surface area (Å²) in [5.74, 6) is 3.53. The van der Waals surface area contributed by atoms with Gasteiger partial charge in [-0.25, -0.2) is 0 Å². The van der Waals surface area contributed by atoms with Crippen molar-refractivity contribution in [2.75, 3.05) is 26.8 Å². The number of aliphatic imine (C=N–C) groups is 1. The Kier molecular flexibility index (Phi) is 9.46. The molecule has 0 aliphatic carbocycles. The average molecular weight is 436 g/mol. The third kappa shape index (κ3) is 6.62. The lowest BCUT2D eigenvalue weighted by atomic mass is 10.1. The molecule has 0 saturated carbocycles. The maximum Gasteiger partial charge on any atom is 0.191 e. The van der Waals surface area contributed by atoms with Crippen LogP contribution in [-0.4, -0.2) is 47.5 Å². The van der Waals surface area contributed by atoms with E-state index < -0.39 is 0 Å². The second kappa shape index (κ2) is 10.8. The Morgan fingerprint density at radius 1 is 1.30 bits per heavy atom. The Balaban J connectivity index is 0.00000264. The summed E-state index contributed by atoms with van der Waals surface area (Å²) in [5.41, 5.74) is 0. The second-order valence-corrected chi connectivity index (χ2v) is 5.94. The molecule has 0 saturated heterocycles. The van der Waals surface area contributed by atoms with Gasteiger partial charge in [-0.2, -0.15) is 0 Å². The summed E-state index contributed by atoms with van der Waals surface area (Å²) in [4.78, 5) is 4.21. The van der Waals surface area contributed by atoms with Gasteiger partial charge in [-0.15, -0.1) is 34.2 Å². The molecule has 7 nitrogen and oxygen atoms in total. The predicted octanol–water partition coefficient (Wildman–Crippen LogP) is 1.57. The lowest BCUT2D eigenvalue weighted by molar-refractivity contribution is 0.128. The number of nitrogens with zero attached hydrogens (tertiary/aromatic N) is 4. The van der Waals surface area contributed by atoms with Crippen LogP contribution in [0.3, 0.4) is 0 Å². The summed E-state index contributed by atoms with van der Waals surface area (Å²) in [5, 5.41) is 14.9. The number of hydrogen-bond acceptors (Lipinski definition) is 4. The summed E-state index contributed by atoms with van der Waals surface area (Å²) < 4.78 is 7.77. The maximum absolute atomic E-state index is 5.58. The van der Waals surface area contributed by atoms with Gasteiger partial charge in [-0.3, -0.25) is 4.99 Å². The molecular weight excluding hydrogens is 407 g/mol. The van der Waals surface area contributed by atoms with Crippen molar-refractivity contribution in [3.63, 3.8) is 0 Å². The van der Waals surface area contributed by atoms with Gasteiger partial charge in [0, 0.05) is 33.2 Å². The van der Waals surface area contributed by atoms with Crippen LogP contribution >= 0.6 is 24.0 Å². The second-order valence-electron chi connectivity index (χ2n) is 5.94. The largest absolute Gasteiger partial charge is 0.380 e. The Morgan fingerprint density at radius 2 is 2.13 bits per heavy atom. The minimum absolute atomic E-state index is 0. The van der Waals surface area contributed by atoms with E-state index in [0.29, 0.717) is 19.1 Å². The van der Waals surface area contributed by atoms with Crippen molar-refractivity contribution in [1.82, 2.24) is 25.4 Å². The maximum atomic E-state index is 5.58. The molecule has 0 amide bonds. The molecule has 0 bridgehead atoms. The number of guanidine groups is 1. The monoisotopic (exact) mass is 436 g/mol. The molecule has 2 N–H and O–H groups in total. The van der Waals surface area contributed by atoms with Crippen molar-refractivity contribution < 1.29 is 4.74 Å². The first-order valence-corrected chi connectivity index (χ1v) is 8.14. The Morgan fingerprint density at radius 3 is 2.87 bits per heavy atom. The van der Waals surface area contributed by atoms with Crippen molar-refractivity contribution in [1.29, 1.82) is 0 Å². The quantitative estimate of drug-likeness (QED) is 0.280. The number of aromatic nitrogens is 3. The van der Waals surface area contributed by atoms with Crippen LogP contribution in [0.2, 0.25) is 0 Å². The van der Waals surface area contributed by atoms with E-state index in [1.54, 1.807) is 7.05 Å². The van der Waals surface area contributed by atoms with E-state index in [2.05, 4.69) is 44.2 Å². The van der Waals surface area contributed by atoms with Gasteiger partial charge in [-0.05, 0) is 18.8 Å². The lowest BCUT2D eigenvalue weighted by Crippen LogP contribution is -2.39. The summed E-state index contributed by atoms with van der Waals surface area (Å²) in [6.45, 7) is 8.32. The first-order chi connectivity index (χ1) is 10.7. The highest BCUT2D eigenvalue weighted by Crippen LogP contribution is 2.13. The standard InChI is InChI=1S/C15H28N6O.HI/c1-12(2)6-9-22-10-7-17-15(16-3)18-11-14-20-19-13-5-4-8-21(13)14;/h12H,4-11H2,1-3H3,(H2,16,17,18);1H. The zero-order valence-corrected chi connectivity index (χ0v) is 16.7. The van der Waals surface area contributed by atoms with E-state index in [4.69, 9.17) is 4.74 Å². The fourth-order valence-corrected chi connectivity index (χ4v) is 2.39. The molecule has 1 aliphatic rings. The fourth-order valence-electron chi connectivity index (χ4n) is 2.39. The molecule has 0 spiro atoms. The highest BCUT2D eigenvalue weighted by atomic mass is 127. The molecule has 1 aromatic heterocycles. The van der Waals surface area contributed by atoms with Crippen LogP contribution in [0.4, 0.5) is 0 Å². The predicted molar refractivity (Wildman–Crippen MR) is 102 cm³/mol. The normalized spacial score (nSPS) is 13.8. The molecule has 1 aliphatic heterocycles. The summed E-state index contributed by atoms with van der Waals surface area (Å²) in [7, 11) is 1.77. The summed E-state index contributed by atoms with van der Waals surface area (Å²) >= 11 is 0. The first-order valence-electron chi connectivity index (χ1n) is 8.14. The van der Waals surface area contributed by atoms with Gasteiger partial charge in [0.15, 0.2) is 11.8 Å². The topological polar surface area (TPSA) is 76.4 Å². The Labute approximate surface area is 155 Å². The van der Waals surface area contributed by atoms with Crippen molar-refractivity contribution in [3.8, 4) is 0 Å². The molecule has 2 heterocycles. The van der Waals surface area contributed by atoms with E-state index in [-0.39, 0.29) is 24.0 Å². The smallest absolute Gasteiger partial charge is 0.191 e. The molecular formula is C15H29IN6O. The van der Waals surface area contributed by atoms with Crippen LogP contribution in [0.1, 0.15) is 38.3 Å². The Hall–Kier alpha value is -0.900. The number of fused-ring (bicyclic) bond motifs is 1. The Bertz CT molecular complexity index is 488. The number of aryl methyl sites for hydroxylation is 1. The minimum atomic E-state index is 0. The minimum Gasteiger partial charge on any atom is -0.380 e. The molecule has 2 rings (SSSR count). The van der Waals surface area contributed by atoms with Gasteiger partial charge in [0.25, 0.3) is 0 Å². The molecule has 0 unspecified atom stereocenters. The number of ether oxygens (including phenoxy) is 1. The van der Waals surface area contributed by atoms with Crippen LogP contribution in [0, 0.1) is 5.92 Å². The van der Waals surface area contributed by atoms with Crippen LogP contribution in [0.15, 0.2) is 4.99 Å². The third-order valence-corrected chi connectivity index (χ3v) is 3.70. The van der Waals surface area contributed by atoms with E-state index in [1.807, 2.05) is 0 Å². The number of hydrogen-bond donors (Lipinski definition) is 2. The van der Waals surface area contributed by atoms with Crippen LogP contribution < -0.4 is 10.6 Å². The molecule has 23 heavy (non-hydrogen) atoms. The van der Waals surface area contributed by atoms with Crippen molar-refractivity contribution in [2.24, 2.45) is 10.9 Å². The van der Waals surface area contributed by atoms with E-state index in [0.717, 1.165) is 50.1 Å². The van der Waals surface area contributed by atoms with Crippen molar-refractivity contribution in [3.05, 3.63) is 11.6 Å². The molecule has 132 valence electrons. The van der Waals surface area contributed by atoms with Crippen LogP contribution in [0.25, 0.3) is 0 Å². The third-order valence-electron chi connectivity index (χ3n) is 3.70. The van der Waals surface area contributed by atoms with E-state index in [1.165, 1.54) is 6.42 Å². The highest BCUT2D eigenvalue weighted by molar-refractivity contribution is 14.0. The molecule has 8 heteroatoms. The highest BCUT2D eigenvalue weighted by Gasteiger charge is 2.16. The van der Waals surface area contributed by atoms with Crippen LogP contribution in [0.5, 0.6) is 0 Å². The van der Waals surface area contributed by atoms with E-state index >= 15 is 0 Å². The summed E-state index contributed by atoms with van der Waals surface area (Å²) in [6.07, 6.45) is 3.30. The zero-order chi connectivity index (χ0) is 15.8. The molecule has 0 aromatic carbocycles. The molecule has 0 radical (unpaired) electrons. The average Bonchev–Trinajstić information content (AvgIpc) is 3.09. The lowest BCUT2D eigenvalue weighted by Gasteiger charge is -2.12. The van der Waals surface area contributed by atoms with Gasteiger partial charge in [-0.1, -0.05) is 13.8 Å². The van der Waals surface area contributed by atoms with Crippen molar-refractivity contribution in [2.45, 2.75) is 46.2 Å². The number of nitrogens with one attached hydrogen (secondary N) is 2. The molecule has 0 atom stereocenters. The fraction of sp³-hybridized carbons (Fsp3) is 0.800. The molecule has 1 aromatic rings.